The predicted molar refractivity (Wildman–Crippen MR) is 83.9 cm³/mol. The van der Waals surface area contributed by atoms with Crippen molar-refractivity contribution in [1.29, 1.82) is 0 Å². The van der Waals surface area contributed by atoms with Crippen LogP contribution in [0.25, 0.3) is 5.65 Å². The van der Waals surface area contributed by atoms with Gasteiger partial charge in [0.15, 0.2) is 5.65 Å². The van der Waals surface area contributed by atoms with E-state index in [1.165, 1.54) is 44.1 Å². The number of anilines is 1. The van der Waals surface area contributed by atoms with Gasteiger partial charge in [-0.1, -0.05) is 46.0 Å². The number of nitrogen functional groups attached to an aromatic ring is 1. The molecule has 0 bridgehead atoms. The van der Waals surface area contributed by atoms with E-state index in [1.54, 1.807) is 10.7 Å². The summed E-state index contributed by atoms with van der Waals surface area (Å²) in [7, 11) is 0. The van der Waals surface area contributed by atoms with E-state index in [-0.39, 0.29) is 0 Å². The zero-order chi connectivity index (χ0) is 14.4. The molecule has 0 aromatic carbocycles. The van der Waals surface area contributed by atoms with E-state index in [0.717, 1.165) is 30.0 Å². The third-order valence-electron chi connectivity index (χ3n) is 3.87. The lowest BCUT2D eigenvalue weighted by atomic mass is 10.0. The Kier molecular flexibility index (Phi) is 5.39. The quantitative estimate of drug-likeness (QED) is 0.745. The standard InChI is InChI=1S/C16H26N4/c1-3-5-6-7-8-9-10-13-14(4-2)19-15-11-12-18-20(15)16(13)17/h11-12H,3-10,17H2,1-2H3. The molecule has 2 aromatic rings. The molecule has 4 nitrogen and oxygen atoms in total. The maximum absolute atomic E-state index is 6.26. The molecular weight excluding hydrogens is 248 g/mol. The molecule has 0 fully saturated rings. The summed E-state index contributed by atoms with van der Waals surface area (Å²) in [5.74, 6) is 0.769. The molecule has 0 saturated carbocycles. The highest BCUT2D eigenvalue weighted by atomic mass is 15.3. The van der Waals surface area contributed by atoms with Gasteiger partial charge in [-0.05, 0) is 19.3 Å². The van der Waals surface area contributed by atoms with Crippen LogP contribution in [0, 0.1) is 0 Å². The predicted octanol–water partition coefficient (Wildman–Crippen LogP) is 3.78. The van der Waals surface area contributed by atoms with Gasteiger partial charge in [-0.25, -0.2) is 4.98 Å². The summed E-state index contributed by atoms with van der Waals surface area (Å²) >= 11 is 0. The van der Waals surface area contributed by atoms with Crippen molar-refractivity contribution in [3.05, 3.63) is 23.5 Å². The van der Waals surface area contributed by atoms with Crippen molar-refractivity contribution in [3.63, 3.8) is 0 Å². The molecule has 20 heavy (non-hydrogen) atoms. The van der Waals surface area contributed by atoms with Gasteiger partial charge in [-0.2, -0.15) is 9.61 Å². The van der Waals surface area contributed by atoms with Crippen LogP contribution in [0.3, 0.4) is 0 Å². The van der Waals surface area contributed by atoms with Crippen LogP contribution < -0.4 is 5.73 Å². The van der Waals surface area contributed by atoms with Crippen LogP contribution >= 0.6 is 0 Å². The Bertz CT molecular complexity index is 545. The van der Waals surface area contributed by atoms with E-state index in [4.69, 9.17) is 5.73 Å². The van der Waals surface area contributed by atoms with Crippen LogP contribution in [0.5, 0.6) is 0 Å². The normalized spacial score (nSPS) is 11.3. The highest BCUT2D eigenvalue weighted by Gasteiger charge is 2.11. The average molecular weight is 274 g/mol. The maximum Gasteiger partial charge on any atom is 0.157 e. The molecule has 4 heteroatoms. The summed E-state index contributed by atoms with van der Waals surface area (Å²) in [5, 5.41) is 4.25. The SMILES string of the molecule is CCCCCCCCc1c(CC)nc2ccnn2c1N. The lowest BCUT2D eigenvalue weighted by molar-refractivity contribution is 0.605. The van der Waals surface area contributed by atoms with Crippen LogP contribution in [0.4, 0.5) is 5.82 Å². The lowest BCUT2D eigenvalue weighted by Crippen LogP contribution is -2.09. The first-order chi connectivity index (χ1) is 9.77. The van der Waals surface area contributed by atoms with Crippen molar-refractivity contribution in [2.75, 3.05) is 5.73 Å². The number of rotatable bonds is 8. The topological polar surface area (TPSA) is 56.2 Å². The molecular formula is C16H26N4. The largest absolute Gasteiger partial charge is 0.383 e. The van der Waals surface area contributed by atoms with Crippen molar-refractivity contribution in [1.82, 2.24) is 14.6 Å². The summed E-state index contributed by atoms with van der Waals surface area (Å²) in [4.78, 5) is 4.66. The number of unbranched alkanes of at least 4 members (excludes halogenated alkanes) is 5. The Labute approximate surface area is 121 Å². The molecule has 0 amide bonds. The minimum Gasteiger partial charge on any atom is -0.383 e. The van der Waals surface area contributed by atoms with Crippen LogP contribution in [0.15, 0.2) is 12.3 Å². The van der Waals surface area contributed by atoms with Crippen molar-refractivity contribution in [3.8, 4) is 0 Å². The summed E-state index contributed by atoms with van der Waals surface area (Å²) < 4.78 is 1.76. The van der Waals surface area contributed by atoms with E-state index >= 15 is 0 Å². The minimum atomic E-state index is 0.769. The molecule has 0 aliphatic heterocycles. The van der Waals surface area contributed by atoms with Gasteiger partial charge in [0.1, 0.15) is 5.82 Å². The van der Waals surface area contributed by atoms with Gasteiger partial charge in [0.2, 0.25) is 0 Å². The molecule has 0 unspecified atom stereocenters. The number of nitrogens with zero attached hydrogens (tertiary/aromatic N) is 3. The number of aromatic nitrogens is 3. The zero-order valence-corrected chi connectivity index (χ0v) is 12.7. The fourth-order valence-electron chi connectivity index (χ4n) is 2.69. The number of aryl methyl sites for hydroxylation is 1. The van der Waals surface area contributed by atoms with Gasteiger partial charge < -0.3 is 5.73 Å². The molecule has 0 aliphatic rings. The smallest absolute Gasteiger partial charge is 0.157 e. The molecule has 2 aromatic heterocycles. The second-order valence-electron chi connectivity index (χ2n) is 5.39. The second kappa shape index (κ2) is 7.27. The minimum absolute atomic E-state index is 0.769. The van der Waals surface area contributed by atoms with E-state index in [1.807, 2.05) is 6.07 Å². The van der Waals surface area contributed by atoms with Gasteiger partial charge in [0.25, 0.3) is 0 Å². The lowest BCUT2D eigenvalue weighted by Gasteiger charge is -2.12. The van der Waals surface area contributed by atoms with Crippen molar-refractivity contribution in [2.45, 2.75) is 65.2 Å². The van der Waals surface area contributed by atoms with E-state index in [9.17, 15) is 0 Å². The molecule has 0 spiro atoms. The summed E-state index contributed by atoms with van der Waals surface area (Å²) in [6, 6.07) is 1.91. The van der Waals surface area contributed by atoms with E-state index < -0.39 is 0 Å². The molecule has 0 saturated heterocycles. The summed E-state index contributed by atoms with van der Waals surface area (Å²) in [5.41, 5.74) is 9.44. The van der Waals surface area contributed by atoms with Crippen molar-refractivity contribution in [2.24, 2.45) is 0 Å². The van der Waals surface area contributed by atoms with Gasteiger partial charge in [-0.3, -0.25) is 0 Å². The first kappa shape index (κ1) is 14.8. The summed E-state index contributed by atoms with van der Waals surface area (Å²) in [6.45, 7) is 4.39. The molecule has 110 valence electrons. The monoisotopic (exact) mass is 274 g/mol. The first-order valence-electron chi connectivity index (χ1n) is 7.88. The van der Waals surface area contributed by atoms with Crippen molar-refractivity contribution < 1.29 is 0 Å². The van der Waals surface area contributed by atoms with Crippen LogP contribution in [-0.4, -0.2) is 14.6 Å². The van der Waals surface area contributed by atoms with Crippen LogP contribution in [-0.2, 0) is 12.8 Å². The van der Waals surface area contributed by atoms with E-state index in [0.29, 0.717) is 0 Å². The van der Waals surface area contributed by atoms with Crippen LogP contribution in [0.2, 0.25) is 0 Å². The third-order valence-corrected chi connectivity index (χ3v) is 3.87. The Balaban J connectivity index is 2.02. The van der Waals surface area contributed by atoms with Gasteiger partial charge in [0.05, 0.1) is 6.20 Å². The second-order valence-corrected chi connectivity index (χ2v) is 5.39. The number of hydrogen-bond acceptors (Lipinski definition) is 3. The Morgan fingerprint density at radius 2 is 1.85 bits per heavy atom. The fourth-order valence-corrected chi connectivity index (χ4v) is 2.69. The number of nitrogens with two attached hydrogens (primary N) is 1. The molecule has 2 rings (SSSR count). The molecule has 2 N–H and O–H groups in total. The third kappa shape index (κ3) is 3.30. The highest BCUT2D eigenvalue weighted by Crippen LogP contribution is 2.21. The molecule has 2 heterocycles. The van der Waals surface area contributed by atoms with Gasteiger partial charge in [-0.15, -0.1) is 0 Å². The van der Waals surface area contributed by atoms with E-state index in [2.05, 4.69) is 23.9 Å². The Hall–Kier alpha value is -1.58. The molecule has 0 radical (unpaired) electrons. The summed E-state index contributed by atoms with van der Waals surface area (Å²) in [6.07, 6.45) is 11.5. The Morgan fingerprint density at radius 1 is 1.10 bits per heavy atom. The first-order valence-corrected chi connectivity index (χ1v) is 7.88. The van der Waals surface area contributed by atoms with Crippen LogP contribution in [0.1, 0.15) is 63.6 Å². The average Bonchev–Trinajstić information content (AvgIpc) is 2.93. The molecule has 0 aliphatic carbocycles. The van der Waals surface area contributed by atoms with Crippen molar-refractivity contribution >= 4 is 11.5 Å². The van der Waals surface area contributed by atoms with Gasteiger partial charge in [0, 0.05) is 17.3 Å². The number of hydrogen-bond donors (Lipinski definition) is 1. The zero-order valence-electron chi connectivity index (χ0n) is 12.7. The molecule has 0 atom stereocenters. The Morgan fingerprint density at radius 3 is 2.60 bits per heavy atom. The van der Waals surface area contributed by atoms with Gasteiger partial charge >= 0.3 is 0 Å². The fraction of sp³-hybridized carbons (Fsp3) is 0.625. The highest BCUT2D eigenvalue weighted by molar-refractivity contribution is 5.52. The number of fused-ring (bicyclic) bond motifs is 1. The maximum atomic E-state index is 6.26.